The fraction of sp³-hybridized carbons (Fsp3) is 0.333. The first-order valence-electron chi connectivity index (χ1n) is 7.30. The van der Waals surface area contributed by atoms with Gasteiger partial charge in [-0.15, -0.1) is 0 Å². The molecule has 0 aliphatic carbocycles. The molecule has 0 radical (unpaired) electrons. The molecule has 0 aromatic heterocycles. The lowest BCUT2D eigenvalue weighted by Gasteiger charge is -2.12. The molecule has 2 aromatic rings. The maximum Gasteiger partial charge on any atom is 0.122 e. The van der Waals surface area contributed by atoms with Crippen molar-refractivity contribution in [1.82, 2.24) is 5.32 Å². The minimum Gasteiger partial charge on any atom is -0.497 e. The van der Waals surface area contributed by atoms with Gasteiger partial charge in [0.15, 0.2) is 0 Å². The molecule has 0 bridgehead atoms. The molecule has 0 aliphatic heterocycles. The van der Waals surface area contributed by atoms with E-state index in [2.05, 4.69) is 12.2 Å². The fourth-order valence-electron chi connectivity index (χ4n) is 2.35. The van der Waals surface area contributed by atoms with Crippen LogP contribution in [0.15, 0.2) is 36.4 Å². The summed E-state index contributed by atoms with van der Waals surface area (Å²) in [7, 11) is 3.36. The van der Waals surface area contributed by atoms with E-state index < -0.39 is 0 Å². The van der Waals surface area contributed by atoms with E-state index in [4.69, 9.17) is 21.1 Å². The van der Waals surface area contributed by atoms with E-state index in [1.165, 1.54) is 11.1 Å². The summed E-state index contributed by atoms with van der Waals surface area (Å²) in [6.45, 7) is 3.76. The molecule has 0 heterocycles. The van der Waals surface area contributed by atoms with Crippen LogP contribution in [-0.2, 0) is 13.0 Å². The largest absolute Gasteiger partial charge is 0.497 e. The van der Waals surface area contributed by atoms with Gasteiger partial charge in [0.25, 0.3) is 0 Å². The molecule has 0 spiro atoms. The van der Waals surface area contributed by atoms with Crippen molar-refractivity contribution >= 4 is 11.6 Å². The van der Waals surface area contributed by atoms with Crippen LogP contribution in [0.3, 0.4) is 0 Å². The number of rotatable bonds is 7. The Morgan fingerprint density at radius 2 is 1.82 bits per heavy atom. The third-order valence-corrected chi connectivity index (χ3v) is 3.92. The fourth-order valence-corrected chi connectivity index (χ4v) is 2.55. The van der Waals surface area contributed by atoms with E-state index in [9.17, 15) is 0 Å². The number of halogens is 1. The molecule has 0 saturated heterocycles. The second-order valence-electron chi connectivity index (χ2n) is 5.18. The van der Waals surface area contributed by atoms with Crippen LogP contribution in [0.2, 0.25) is 5.02 Å². The van der Waals surface area contributed by atoms with Gasteiger partial charge >= 0.3 is 0 Å². The molecule has 0 aliphatic rings. The van der Waals surface area contributed by atoms with E-state index in [0.717, 1.165) is 41.6 Å². The molecular weight excluding hydrogens is 298 g/mol. The third kappa shape index (κ3) is 4.39. The summed E-state index contributed by atoms with van der Waals surface area (Å²) in [6, 6.07) is 11.8. The number of hydrogen-bond donors (Lipinski definition) is 1. The van der Waals surface area contributed by atoms with Crippen molar-refractivity contribution < 1.29 is 9.47 Å². The van der Waals surface area contributed by atoms with E-state index in [1.807, 2.05) is 36.4 Å². The summed E-state index contributed by atoms with van der Waals surface area (Å²) < 4.78 is 10.7. The lowest BCUT2D eigenvalue weighted by molar-refractivity contribution is 0.398. The number of hydrogen-bond acceptors (Lipinski definition) is 3. The maximum atomic E-state index is 6.04. The Bertz CT molecular complexity index is 628. The van der Waals surface area contributed by atoms with Gasteiger partial charge in [0.1, 0.15) is 11.5 Å². The van der Waals surface area contributed by atoms with Crippen LogP contribution in [0, 0.1) is 6.92 Å². The first-order valence-corrected chi connectivity index (χ1v) is 7.68. The standard InChI is InChI=1S/C18H22ClNO2/c1-13-4-5-16(19)10-15(13)12-20-9-8-14-11-17(21-2)6-7-18(14)22-3/h4-7,10-11,20H,8-9,12H2,1-3H3. The normalized spacial score (nSPS) is 10.5. The number of ether oxygens (including phenoxy) is 2. The number of benzene rings is 2. The van der Waals surface area contributed by atoms with Crippen molar-refractivity contribution in [2.45, 2.75) is 19.9 Å². The topological polar surface area (TPSA) is 30.5 Å². The van der Waals surface area contributed by atoms with Gasteiger partial charge in [0, 0.05) is 11.6 Å². The Kier molecular flexibility index (Phi) is 6.10. The first kappa shape index (κ1) is 16.7. The molecule has 2 aromatic carbocycles. The lowest BCUT2D eigenvalue weighted by Crippen LogP contribution is -2.17. The molecule has 118 valence electrons. The highest BCUT2D eigenvalue weighted by atomic mass is 35.5. The van der Waals surface area contributed by atoms with Gasteiger partial charge in [0.2, 0.25) is 0 Å². The maximum absolute atomic E-state index is 6.04. The van der Waals surface area contributed by atoms with E-state index >= 15 is 0 Å². The second kappa shape index (κ2) is 8.06. The van der Waals surface area contributed by atoms with Crippen molar-refractivity contribution in [3.05, 3.63) is 58.1 Å². The Morgan fingerprint density at radius 3 is 2.55 bits per heavy atom. The van der Waals surface area contributed by atoms with Gasteiger partial charge in [-0.2, -0.15) is 0 Å². The monoisotopic (exact) mass is 319 g/mol. The highest BCUT2D eigenvalue weighted by Crippen LogP contribution is 2.24. The number of nitrogens with one attached hydrogen (secondary N) is 1. The summed E-state index contributed by atoms with van der Waals surface area (Å²) in [5, 5.41) is 4.23. The van der Waals surface area contributed by atoms with Gasteiger partial charge in [-0.25, -0.2) is 0 Å². The van der Waals surface area contributed by atoms with E-state index in [1.54, 1.807) is 14.2 Å². The Balaban J connectivity index is 1.92. The van der Waals surface area contributed by atoms with Crippen LogP contribution in [0.1, 0.15) is 16.7 Å². The lowest BCUT2D eigenvalue weighted by atomic mass is 10.1. The van der Waals surface area contributed by atoms with Crippen LogP contribution in [-0.4, -0.2) is 20.8 Å². The van der Waals surface area contributed by atoms with Gasteiger partial charge in [-0.05, 0) is 66.9 Å². The summed E-state index contributed by atoms with van der Waals surface area (Å²) >= 11 is 6.04. The quantitative estimate of drug-likeness (QED) is 0.783. The van der Waals surface area contributed by atoms with Crippen LogP contribution >= 0.6 is 11.6 Å². The minimum atomic E-state index is 0.775. The Labute approximate surface area is 137 Å². The highest BCUT2D eigenvalue weighted by molar-refractivity contribution is 6.30. The first-order chi connectivity index (χ1) is 10.6. The van der Waals surface area contributed by atoms with Gasteiger partial charge in [0.05, 0.1) is 14.2 Å². The van der Waals surface area contributed by atoms with Crippen LogP contribution in [0.25, 0.3) is 0 Å². The second-order valence-corrected chi connectivity index (χ2v) is 5.61. The molecule has 0 unspecified atom stereocenters. The molecule has 0 saturated carbocycles. The van der Waals surface area contributed by atoms with Gasteiger partial charge < -0.3 is 14.8 Å². The molecule has 2 rings (SSSR count). The van der Waals surface area contributed by atoms with E-state index in [0.29, 0.717) is 0 Å². The molecule has 3 nitrogen and oxygen atoms in total. The van der Waals surface area contributed by atoms with Gasteiger partial charge in [-0.3, -0.25) is 0 Å². The van der Waals surface area contributed by atoms with Crippen LogP contribution in [0.5, 0.6) is 11.5 Å². The van der Waals surface area contributed by atoms with Crippen LogP contribution in [0.4, 0.5) is 0 Å². The summed E-state index contributed by atoms with van der Waals surface area (Å²) in [5.41, 5.74) is 3.61. The molecular formula is C18H22ClNO2. The number of aryl methyl sites for hydroxylation is 1. The smallest absolute Gasteiger partial charge is 0.122 e. The van der Waals surface area contributed by atoms with Crippen molar-refractivity contribution in [3.63, 3.8) is 0 Å². The average Bonchev–Trinajstić information content (AvgIpc) is 2.54. The third-order valence-electron chi connectivity index (χ3n) is 3.69. The summed E-state index contributed by atoms with van der Waals surface area (Å²) in [5.74, 6) is 1.74. The van der Waals surface area contributed by atoms with E-state index in [-0.39, 0.29) is 0 Å². The SMILES string of the molecule is COc1ccc(OC)c(CCNCc2cc(Cl)ccc2C)c1. The highest BCUT2D eigenvalue weighted by Gasteiger charge is 2.05. The van der Waals surface area contributed by atoms with Crippen molar-refractivity contribution in [2.75, 3.05) is 20.8 Å². The zero-order valence-electron chi connectivity index (χ0n) is 13.3. The average molecular weight is 320 g/mol. The summed E-state index contributed by atoms with van der Waals surface area (Å²) in [6.07, 6.45) is 0.875. The molecule has 22 heavy (non-hydrogen) atoms. The van der Waals surface area contributed by atoms with Crippen molar-refractivity contribution in [1.29, 1.82) is 0 Å². The molecule has 1 N–H and O–H groups in total. The number of methoxy groups -OCH3 is 2. The predicted molar refractivity (Wildman–Crippen MR) is 91.1 cm³/mol. The Morgan fingerprint density at radius 1 is 1.00 bits per heavy atom. The molecule has 4 heteroatoms. The minimum absolute atomic E-state index is 0.775. The predicted octanol–water partition coefficient (Wildman–Crippen LogP) is 4.00. The molecule has 0 amide bonds. The zero-order chi connectivity index (χ0) is 15.9. The van der Waals surface area contributed by atoms with Crippen molar-refractivity contribution in [2.24, 2.45) is 0 Å². The molecule has 0 fully saturated rings. The summed E-state index contributed by atoms with van der Waals surface area (Å²) in [4.78, 5) is 0. The zero-order valence-corrected chi connectivity index (χ0v) is 14.0. The van der Waals surface area contributed by atoms with Crippen molar-refractivity contribution in [3.8, 4) is 11.5 Å². The molecule has 0 atom stereocenters. The van der Waals surface area contributed by atoms with Gasteiger partial charge in [-0.1, -0.05) is 17.7 Å². The Hall–Kier alpha value is -1.71. The van der Waals surface area contributed by atoms with Crippen LogP contribution < -0.4 is 14.8 Å².